The van der Waals surface area contributed by atoms with Crippen molar-refractivity contribution in [3.8, 4) is 0 Å². The van der Waals surface area contributed by atoms with Gasteiger partial charge in [-0.3, -0.25) is 4.90 Å². The number of anilines is 1. The van der Waals surface area contributed by atoms with Crippen LogP contribution in [0.1, 0.15) is 45.1 Å². The highest BCUT2D eigenvalue weighted by Gasteiger charge is 2.28. The molecule has 0 aliphatic heterocycles. The summed E-state index contributed by atoms with van der Waals surface area (Å²) < 4.78 is 13.9. The number of nitrogens with two attached hydrogens (primary N) is 1. The minimum absolute atomic E-state index is 0.246. The first kappa shape index (κ1) is 14.3. The van der Waals surface area contributed by atoms with Crippen LogP contribution >= 0.6 is 0 Å². The number of nitrogens with zero attached hydrogens (tertiary/aromatic N) is 1. The van der Waals surface area contributed by atoms with E-state index in [1.807, 2.05) is 12.1 Å². The zero-order chi connectivity index (χ0) is 14.0. The van der Waals surface area contributed by atoms with Gasteiger partial charge < -0.3 is 5.73 Å². The smallest absolute Gasteiger partial charge is 0.150 e. The van der Waals surface area contributed by atoms with Crippen molar-refractivity contribution >= 4 is 5.69 Å². The zero-order valence-electron chi connectivity index (χ0n) is 12.2. The van der Waals surface area contributed by atoms with Crippen LogP contribution in [0, 0.1) is 11.2 Å². The number of hydrogen-bond acceptors (Lipinski definition) is 2. The summed E-state index contributed by atoms with van der Waals surface area (Å²) in [6, 6.07) is 5.83. The van der Waals surface area contributed by atoms with Crippen molar-refractivity contribution in [2.75, 3.05) is 12.8 Å². The summed E-state index contributed by atoms with van der Waals surface area (Å²) in [5, 5.41) is 0. The van der Waals surface area contributed by atoms with E-state index in [1.54, 1.807) is 6.07 Å². The molecule has 0 heterocycles. The van der Waals surface area contributed by atoms with Crippen LogP contribution in [-0.2, 0) is 6.54 Å². The highest BCUT2D eigenvalue weighted by atomic mass is 19.1. The first-order valence-corrected chi connectivity index (χ1v) is 7.12. The quantitative estimate of drug-likeness (QED) is 0.841. The molecule has 3 heteroatoms. The van der Waals surface area contributed by atoms with Crippen LogP contribution in [-0.4, -0.2) is 18.0 Å². The Balaban J connectivity index is 1.98. The van der Waals surface area contributed by atoms with Gasteiger partial charge in [-0.2, -0.15) is 0 Å². The van der Waals surface area contributed by atoms with Gasteiger partial charge in [-0.25, -0.2) is 4.39 Å². The van der Waals surface area contributed by atoms with E-state index in [-0.39, 0.29) is 11.5 Å². The minimum Gasteiger partial charge on any atom is -0.396 e. The van der Waals surface area contributed by atoms with Crippen molar-refractivity contribution in [2.24, 2.45) is 5.41 Å². The van der Waals surface area contributed by atoms with Crippen LogP contribution in [0.5, 0.6) is 0 Å². The molecule has 1 saturated carbocycles. The average Bonchev–Trinajstić information content (AvgIpc) is 2.35. The van der Waals surface area contributed by atoms with E-state index in [1.165, 1.54) is 25.7 Å². The SMILES string of the molecule is CN(Cc1cccc(N)c1F)C1CCC(C)(C)CC1. The maximum absolute atomic E-state index is 13.9. The van der Waals surface area contributed by atoms with Gasteiger partial charge in [0.05, 0.1) is 5.69 Å². The summed E-state index contributed by atoms with van der Waals surface area (Å²) >= 11 is 0. The van der Waals surface area contributed by atoms with Crippen LogP contribution in [0.3, 0.4) is 0 Å². The zero-order valence-corrected chi connectivity index (χ0v) is 12.2. The third kappa shape index (κ3) is 3.47. The van der Waals surface area contributed by atoms with Crippen molar-refractivity contribution in [2.45, 2.75) is 52.1 Å². The summed E-state index contributed by atoms with van der Waals surface area (Å²) in [7, 11) is 2.09. The molecule has 0 atom stereocenters. The molecule has 0 aromatic heterocycles. The van der Waals surface area contributed by atoms with Crippen LogP contribution in [0.25, 0.3) is 0 Å². The molecule has 0 saturated heterocycles. The topological polar surface area (TPSA) is 29.3 Å². The summed E-state index contributed by atoms with van der Waals surface area (Å²) in [4.78, 5) is 2.27. The summed E-state index contributed by atoms with van der Waals surface area (Å²) in [6.45, 7) is 5.31. The van der Waals surface area contributed by atoms with E-state index in [0.29, 0.717) is 23.6 Å². The third-order valence-corrected chi connectivity index (χ3v) is 4.46. The predicted molar refractivity (Wildman–Crippen MR) is 78.3 cm³/mol. The molecule has 1 aromatic rings. The molecule has 1 aliphatic carbocycles. The maximum atomic E-state index is 13.9. The fourth-order valence-electron chi connectivity index (χ4n) is 2.94. The van der Waals surface area contributed by atoms with Gasteiger partial charge in [-0.05, 0) is 44.2 Å². The Morgan fingerprint density at radius 1 is 1.32 bits per heavy atom. The van der Waals surface area contributed by atoms with E-state index < -0.39 is 0 Å². The molecule has 2 nitrogen and oxygen atoms in total. The number of rotatable bonds is 3. The number of halogens is 1. The Bertz CT molecular complexity index is 432. The van der Waals surface area contributed by atoms with Crippen molar-refractivity contribution < 1.29 is 4.39 Å². The van der Waals surface area contributed by atoms with Crippen molar-refractivity contribution in [3.05, 3.63) is 29.6 Å². The van der Waals surface area contributed by atoms with Gasteiger partial charge in [-0.1, -0.05) is 26.0 Å². The third-order valence-electron chi connectivity index (χ3n) is 4.46. The first-order valence-electron chi connectivity index (χ1n) is 7.12. The molecule has 0 unspecified atom stereocenters. The Kier molecular flexibility index (Phi) is 4.14. The van der Waals surface area contributed by atoms with Gasteiger partial charge >= 0.3 is 0 Å². The molecule has 19 heavy (non-hydrogen) atoms. The standard InChI is InChI=1S/C16H25FN2/c1-16(2)9-7-13(8-10-16)19(3)11-12-5-4-6-14(18)15(12)17/h4-6,13H,7-11,18H2,1-3H3. The van der Waals surface area contributed by atoms with Crippen molar-refractivity contribution in [1.29, 1.82) is 0 Å². The second-order valence-electron chi connectivity index (χ2n) is 6.63. The minimum atomic E-state index is -0.259. The Morgan fingerprint density at radius 2 is 1.95 bits per heavy atom. The molecule has 1 aliphatic rings. The van der Waals surface area contributed by atoms with Gasteiger partial charge in [0.25, 0.3) is 0 Å². The van der Waals surface area contributed by atoms with Crippen LogP contribution < -0.4 is 5.73 Å². The maximum Gasteiger partial charge on any atom is 0.150 e. The van der Waals surface area contributed by atoms with E-state index in [2.05, 4.69) is 25.8 Å². The van der Waals surface area contributed by atoms with E-state index >= 15 is 0 Å². The van der Waals surface area contributed by atoms with Crippen molar-refractivity contribution in [3.63, 3.8) is 0 Å². The summed E-state index contributed by atoms with van der Waals surface area (Å²) in [5.74, 6) is -0.259. The van der Waals surface area contributed by atoms with E-state index in [9.17, 15) is 4.39 Å². The molecule has 2 N–H and O–H groups in total. The predicted octanol–water partition coefficient (Wildman–Crippen LogP) is 3.81. The van der Waals surface area contributed by atoms with Crippen LogP contribution in [0.15, 0.2) is 18.2 Å². The summed E-state index contributed by atoms with van der Waals surface area (Å²) in [5.41, 5.74) is 7.04. The highest BCUT2D eigenvalue weighted by molar-refractivity contribution is 5.42. The molecule has 0 amide bonds. The van der Waals surface area contributed by atoms with Gasteiger partial charge in [0.1, 0.15) is 0 Å². The Labute approximate surface area is 115 Å². The molecule has 0 spiro atoms. The fraction of sp³-hybridized carbons (Fsp3) is 0.625. The molecule has 106 valence electrons. The first-order chi connectivity index (χ1) is 8.89. The van der Waals surface area contributed by atoms with Crippen molar-refractivity contribution in [1.82, 2.24) is 4.90 Å². The lowest BCUT2D eigenvalue weighted by Gasteiger charge is -2.38. The van der Waals surface area contributed by atoms with Gasteiger partial charge in [0.15, 0.2) is 5.82 Å². The molecule has 0 radical (unpaired) electrons. The van der Waals surface area contributed by atoms with Gasteiger partial charge in [-0.15, -0.1) is 0 Å². The molecule has 1 aromatic carbocycles. The molecule has 1 fully saturated rings. The van der Waals surface area contributed by atoms with Gasteiger partial charge in [0, 0.05) is 18.2 Å². The monoisotopic (exact) mass is 264 g/mol. The Hall–Kier alpha value is -1.09. The second-order valence-corrected chi connectivity index (χ2v) is 6.63. The average molecular weight is 264 g/mol. The number of hydrogen-bond donors (Lipinski definition) is 1. The van der Waals surface area contributed by atoms with Crippen LogP contribution in [0.4, 0.5) is 10.1 Å². The highest BCUT2D eigenvalue weighted by Crippen LogP contribution is 2.37. The molecule has 0 bridgehead atoms. The lowest BCUT2D eigenvalue weighted by Crippen LogP contribution is -2.36. The van der Waals surface area contributed by atoms with E-state index in [4.69, 9.17) is 5.73 Å². The lowest BCUT2D eigenvalue weighted by atomic mass is 9.75. The summed E-state index contributed by atoms with van der Waals surface area (Å²) in [6.07, 6.45) is 4.91. The van der Waals surface area contributed by atoms with Crippen LogP contribution in [0.2, 0.25) is 0 Å². The number of benzene rings is 1. The largest absolute Gasteiger partial charge is 0.396 e. The molecule has 2 rings (SSSR count). The second kappa shape index (κ2) is 5.49. The lowest BCUT2D eigenvalue weighted by molar-refractivity contribution is 0.122. The van der Waals surface area contributed by atoms with Gasteiger partial charge in [0.2, 0.25) is 0 Å². The number of nitrogen functional groups attached to an aromatic ring is 1. The molecular weight excluding hydrogens is 239 g/mol. The Morgan fingerprint density at radius 3 is 2.58 bits per heavy atom. The van der Waals surface area contributed by atoms with E-state index in [0.717, 1.165) is 0 Å². The fourth-order valence-corrected chi connectivity index (χ4v) is 2.94. The normalized spacial score (nSPS) is 19.8. The molecular formula is C16H25FN2.